The zero-order chi connectivity index (χ0) is 14.1. The molecule has 0 aliphatic carbocycles. The summed E-state index contributed by atoms with van der Waals surface area (Å²) in [6.45, 7) is 6.77. The maximum Gasteiger partial charge on any atom is 0.407 e. The van der Waals surface area contributed by atoms with Gasteiger partial charge in [-0.2, -0.15) is 0 Å². The summed E-state index contributed by atoms with van der Waals surface area (Å²) in [7, 11) is 0. The first kappa shape index (κ1) is 15.5. The molecule has 0 aliphatic heterocycles. The summed E-state index contributed by atoms with van der Waals surface area (Å²) >= 11 is 0. The molecule has 1 unspecified atom stereocenters. The number of carbonyl (C=O) groups is 1. The van der Waals surface area contributed by atoms with E-state index in [4.69, 9.17) is 4.74 Å². The molecule has 0 saturated carbocycles. The Morgan fingerprint density at radius 3 is 2.47 bits per heavy atom. The lowest BCUT2D eigenvalue weighted by atomic mass is 10.0. The Balaban J connectivity index is 2.16. The van der Waals surface area contributed by atoms with Gasteiger partial charge in [0, 0.05) is 6.04 Å². The highest BCUT2D eigenvalue weighted by molar-refractivity contribution is 5.67. The van der Waals surface area contributed by atoms with E-state index < -0.39 is 0 Å². The Morgan fingerprint density at radius 1 is 1.16 bits per heavy atom. The van der Waals surface area contributed by atoms with Gasteiger partial charge in [0.1, 0.15) is 6.61 Å². The molecule has 106 valence electrons. The SMILES string of the molecule is CC(C)CCCC(C)NC(=O)OCc1ccccc1. The highest BCUT2D eigenvalue weighted by atomic mass is 16.5. The molecule has 0 radical (unpaired) electrons. The lowest BCUT2D eigenvalue weighted by Crippen LogP contribution is -2.32. The largest absolute Gasteiger partial charge is 0.445 e. The fraction of sp³-hybridized carbons (Fsp3) is 0.562. The molecular weight excluding hydrogens is 238 g/mol. The van der Waals surface area contributed by atoms with Crippen LogP contribution < -0.4 is 5.32 Å². The molecule has 3 heteroatoms. The van der Waals surface area contributed by atoms with Crippen LogP contribution >= 0.6 is 0 Å². The van der Waals surface area contributed by atoms with E-state index >= 15 is 0 Å². The van der Waals surface area contributed by atoms with Gasteiger partial charge in [-0.3, -0.25) is 0 Å². The molecule has 0 aliphatic rings. The third kappa shape index (κ3) is 7.50. The van der Waals surface area contributed by atoms with Crippen molar-refractivity contribution in [3.05, 3.63) is 35.9 Å². The normalized spacial score (nSPS) is 12.2. The van der Waals surface area contributed by atoms with Crippen LogP contribution in [0.25, 0.3) is 0 Å². The van der Waals surface area contributed by atoms with Crippen LogP contribution in [0.5, 0.6) is 0 Å². The van der Waals surface area contributed by atoms with Crippen molar-refractivity contribution in [3.63, 3.8) is 0 Å². The van der Waals surface area contributed by atoms with Crippen molar-refractivity contribution in [2.24, 2.45) is 5.92 Å². The Labute approximate surface area is 116 Å². The first-order chi connectivity index (χ1) is 9.08. The zero-order valence-corrected chi connectivity index (χ0v) is 12.2. The molecular formula is C16H25NO2. The standard InChI is InChI=1S/C16H25NO2/c1-13(2)8-7-9-14(3)17-16(18)19-12-15-10-5-4-6-11-15/h4-6,10-11,13-14H,7-9,12H2,1-3H3,(H,17,18). The number of carbonyl (C=O) groups excluding carboxylic acids is 1. The Morgan fingerprint density at radius 2 is 1.84 bits per heavy atom. The molecule has 0 aromatic heterocycles. The lowest BCUT2D eigenvalue weighted by molar-refractivity contribution is 0.135. The van der Waals surface area contributed by atoms with Crippen molar-refractivity contribution < 1.29 is 9.53 Å². The first-order valence-corrected chi connectivity index (χ1v) is 7.05. The van der Waals surface area contributed by atoms with E-state index in [-0.39, 0.29) is 12.1 Å². The van der Waals surface area contributed by atoms with E-state index in [0.29, 0.717) is 6.61 Å². The predicted molar refractivity (Wildman–Crippen MR) is 77.9 cm³/mol. The van der Waals surface area contributed by atoms with Gasteiger partial charge in [0.05, 0.1) is 0 Å². The number of nitrogens with one attached hydrogen (secondary N) is 1. The summed E-state index contributed by atoms with van der Waals surface area (Å²) in [5.41, 5.74) is 1.00. The molecule has 0 bridgehead atoms. The fourth-order valence-electron chi connectivity index (χ4n) is 1.87. The molecule has 0 heterocycles. The summed E-state index contributed by atoms with van der Waals surface area (Å²) in [4.78, 5) is 11.6. The summed E-state index contributed by atoms with van der Waals surface area (Å²) in [6.07, 6.45) is 3.00. The molecule has 1 rings (SSSR count). The Bertz CT molecular complexity index is 362. The van der Waals surface area contributed by atoms with E-state index in [1.807, 2.05) is 37.3 Å². The van der Waals surface area contributed by atoms with Gasteiger partial charge in [0.25, 0.3) is 0 Å². The third-order valence-electron chi connectivity index (χ3n) is 3.00. The minimum absolute atomic E-state index is 0.169. The van der Waals surface area contributed by atoms with Crippen LogP contribution in [-0.4, -0.2) is 12.1 Å². The molecule has 1 aromatic rings. The monoisotopic (exact) mass is 263 g/mol. The van der Waals surface area contributed by atoms with Gasteiger partial charge in [0.2, 0.25) is 0 Å². The quantitative estimate of drug-likeness (QED) is 0.803. The van der Waals surface area contributed by atoms with Crippen molar-refractivity contribution in [1.82, 2.24) is 5.32 Å². The molecule has 1 atom stereocenters. The zero-order valence-electron chi connectivity index (χ0n) is 12.2. The van der Waals surface area contributed by atoms with Gasteiger partial charge in [-0.1, -0.05) is 57.0 Å². The third-order valence-corrected chi connectivity index (χ3v) is 3.00. The molecule has 1 N–H and O–H groups in total. The summed E-state index contributed by atoms with van der Waals surface area (Å²) in [5.74, 6) is 0.720. The van der Waals surface area contributed by atoms with E-state index in [1.165, 1.54) is 6.42 Å². The topological polar surface area (TPSA) is 38.3 Å². The number of amides is 1. The van der Waals surface area contributed by atoms with Crippen LogP contribution in [0.1, 0.15) is 45.6 Å². The fourth-order valence-corrected chi connectivity index (χ4v) is 1.87. The minimum atomic E-state index is -0.332. The van der Waals surface area contributed by atoms with Crippen LogP contribution in [0.2, 0.25) is 0 Å². The number of hydrogen-bond donors (Lipinski definition) is 1. The molecule has 0 fully saturated rings. The van der Waals surface area contributed by atoms with Crippen LogP contribution in [0.15, 0.2) is 30.3 Å². The first-order valence-electron chi connectivity index (χ1n) is 7.05. The number of rotatable bonds is 7. The molecule has 3 nitrogen and oxygen atoms in total. The summed E-state index contributed by atoms with van der Waals surface area (Å²) in [5, 5.41) is 2.86. The van der Waals surface area contributed by atoms with E-state index in [9.17, 15) is 4.79 Å². The van der Waals surface area contributed by atoms with Gasteiger partial charge in [-0.15, -0.1) is 0 Å². The van der Waals surface area contributed by atoms with Crippen molar-refractivity contribution >= 4 is 6.09 Å². The molecule has 19 heavy (non-hydrogen) atoms. The second kappa shape index (κ2) is 8.57. The molecule has 1 aromatic carbocycles. The number of hydrogen-bond acceptors (Lipinski definition) is 2. The van der Waals surface area contributed by atoms with E-state index in [2.05, 4.69) is 19.2 Å². The van der Waals surface area contributed by atoms with Crippen molar-refractivity contribution in [1.29, 1.82) is 0 Å². The summed E-state index contributed by atoms with van der Waals surface area (Å²) in [6, 6.07) is 9.87. The van der Waals surface area contributed by atoms with Gasteiger partial charge in [0.15, 0.2) is 0 Å². The second-order valence-electron chi connectivity index (χ2n) is 5.43. The van der Waals surface area contributed by atoms with Crippen molar-refractivity contribution in [2.75, 3.05) is 0 Å². The average Bonchev–Trinajstić information content (AvgIpc) is 2.37. The number of benzene rings is 1. The number of ether oxygens (including phenoxy) is 1. The van der Waals surface area contributed by atoms with E-state index in [1.54, 1.807) is 0 Å². The Kier molecular flexibility index (Phi) is 7.01. The maximum atomic E-state index is 11.6. The smallest absolute Gasteiger partial charge is 0.407 e. The Hall–Kier alpha value is -1.51. The number of alkyl carbamates (subject to hydrolysis) is 1. The molecule has 0 saturated heterocycles. The second-order valence-corrected chi connectivity index (χ2v) is 5.43. The maximum absolute atomic E-state index is 11.6. The average molecular weight is 263 g/mol. The lowest BCUT2D eigenvalue weighted by Gasteiger charge is -2.14. The van der Waals surface area contributed by atoms with Crippen LogP contribution in [0, 0.1) is 5.92 Å². The van der Waals surface area contributed by atoms with Crippen LogP contribution in [0.4, 0.5) is 4.79 Å². The predicted octanol–water partition coefficient (Wildman–Crippen LogP) is 4.13. The van der Waals surface area contributed by atoms with Gasteiger partial charge < -0.3 is 10.1 Å². The minimum Gasteiger partial charge on any atom is -0.445 e. The van der Waals surface area contributed by atoms with Crippen molar-refractivity contribution in [3.8, 4) is 0 Å². The van der Waals surface area contributed by atoms with E-state index in [0.717, 1.165) is 24.3 Å². The highest BCUT2D eigenvalue weighted by Crippen LogP contribution is 2.08. The molecule has 0 spiro atoms. The molecule has 1 amide bonds. The van der Waals surface area contributed by atoms with Gasteiger partial charge in [-0.25, -0.2) is 4.79 Å². The van der Waals surface area contributed by atoms with Crippen LogP contribution in [-0.2, 0) is 11.3 Å². The summed E-state index contributed by atoms with van der Waals surface area (Å²) < 4.78 is 5.18. The van der Waals surface area contributed by atoms with Crippen molar-refractivity contribution in [2.45, 2.75) is 52.7 Å². The van der Waals surface area contributed by atoms with Crippen LogP contribution in [0.3, 0.4) is 0 Å². The van der Waals surface area contributed by atoms with Gasteiger partial charge >= 0.3 is 6.09 Å². The highest BCUT2D eigenvalue weighted by Gasteiger charge is 2.08. The van der Waals surface area contributed by atoms with Gasteiger partial charge in [-0.05, 0) is 24.8 Å².